The van der Waals surface area contributed by atoms with E-state index < -0.39 is 0 Å². The molecule has 0 unspecified atom stereocenters. The number of rotatable bonds is 3. The van der Waals surface area contributed by atoms with Gasteiger partial charge < -0.3 is 10.6 Å². The fraction of sp³-hybridized carbons (Fsp3) is 0.200. The van der Waals surface area contributed by atoms with Crippen molar-refractivity contribution in [2.24, 2.45) is 0 Å². The molecule has 1 aromatic heterocycles. The monoisotopic (exact) mass is 427 g/mol. The third-order valence-corrected chi connectivity index (χ3v) is 4.61. The van der Waals surface area contributed by atoms with Crippen LogP contribution in [0.1, 0.15) is 24.2 Å². The number of thiocarbonyl (C=S) groups is 1. The van der Waals surface area contributed by atoms with Crippen LogP contribution in [0.3, 0.4) is 0 Å². The van der Waals surface area contributed by atoms with Gasteiger partial charge in [-0.15, -0.1) is 0 Å². The predicted octanol–water partition coefficient (Wildman–Crippen LogP) is 4.96. The number of pyridine rings is 1. The molecule has 0 amide bonds. The molecule has 0 aliphatic carbocycles. The summed E-state index contributed by atoms with van der Waals surface area (Å²) in [5, 5.41) is 6.92. The zero-order valence-electron chi connectivity index (χ0n) is 11.7. The lowest BCUT2D eigenvalue weighted by Gasteiger charge is -2.18. The average molecular weight is 429 g/mol. The van der Waals surface area contributed by atoms with Crippen molar-refractivity contribution in [3.63, 3.8) is 0 Å². The van der Waals surface area contributed by atoms with Crippen LogP contribution in [0.15, 0.2) is 45.3 Å². The second-order valence-corrected chi connectivity index (χ2v) is 6.73. The van der Waals surface area contributed by atoms with E-state index in [9.17, 15) is 0 Å². The van der Waals surface area contributed by atoms with Crippen molar-refractivity contribution in [1.82, 2.24) is 10.3 Å². The van der Waals surface area contributed by atoms with Crippen molar-refractivity contribution in [3.8, 4) is 0 Å². The summed E-state index contributed by atoms with van der Waals surface area (Å²) in [6, 6.07) is 12.2. The van der Waals surface area contributed by atoms with Gasteiger partial charge in [-0.3, -0.25) is 0 Å². The van der Waals surface area contributed by atoms with Crippen LogP contribution >= 0.6 is 44.1 Å². The quantitative estimate of drug-likeness (QED) is 0.677. The van der Waals surface area contributed by atoms with Crippen molar-refractivity contribution < 1.29 is 0 Å². The number of nitrogens with zero attached hydrogens (tertiary/aromatic N) is 1. The Bertz CT molecular complexity index is 647. The van der Waals surface area contributed by atoms with Crippen LogP contribution in [-0.2, 0) is 0 Å². The van der Waals surface area contributed by atoms with Crippen LogP contribution in [-0.4, -0.2) is 10.1 Å². The number of anilines is 1. The van der Waals surface area contributed by atoms with Gasteiger partial charge in [0.25, 0.3) is 0 Å². The molecule has 2 rings (SSSR count). The van der Waals surface area contributed by atoms with Crippen molar-refractivity contribution in [3.05, 3.63) is 56.6 Å². The first-order valence-electron chi connectivity index (χ1n) is 6.42. The molecule has 0 radical (unpaired) electrons. The fourth-order valence-electron chi connectivity index (χ4n) is 1.81. The number of halogens is 2. The van der Waals surface area contributed by atoms with E-state index in [-0.39, 0.29) is 6.04 Å². The first kappa shape index (κ1) is 16.4. The molecular weight excluding hydrogens is 414 g/mol. The number of benzene rings is 1. The topological polar surface area (TPSA) is 37.0 Å². The fourth-order valence-corrected chi connectivity index (χ4v) is 3.13. The molecule has 2 N–H and O–H groups in total. The zero-order chi connectivity index (χ0) is 15.4. The molecular formula is C15H15Br2N3S. The molecule has 6 heteroatoms. The Balaban J connectivity index is 2.04. The van der Waals surface area contributed by atoms with Gasteiger partial charge in [0.1, 0.15) is 5.82 Å². The van der Waals surface area contributed by atoms with Gasteiger partial charge in [-0.25, -0.2) is 4.98 Å². The van der Waals surface area contributed by atoms with E-state index in [1.54, 1.807) is 0 Å². The normalized spacial score (nSPS) is 11.8. The summed E-state index contributed by atoms with van der Waals surface area (Å²) in [6.07, 6.45) is 0. The van der Waals surface area contributed by atoms with Crippen LogP contribution in [0.25, 0.3) is 0 Å². The Morgan fingerprint density at radius 1 is 1.19 bits per heavy atom. The summed E-state index contributed by atoms with van der Waals surface area (Å²) < 4.78 is 1.81. The van der Waals surface area contributed by atoms with Crippen molar-refractivity contribution in [2.75, 3.05) is 5.32 Å². The summed E-state index contributed by atoms with van der Waals surface area (Å²) in [7, 11) is 0. The summed E-state index contributed by atoms with van der Waals surface area (Å²) in [6.45, 7) is 4.00. The highest BCUT2D eigenvalue weighted by atomic mass is 79.9. The van der Waals surface area contributed by atoms with Gasteiger partial charge in [0.15, 0.2) is 5.11 Å². The van der Waals surface area contributed by atoms with Crippen molar-refractivity contribution >= 4 is 55.0 Å². The Hall–Kier alpha value is -0.980. The smallest absolute Gasteiger partial charge is 0.172 e. The van der Waals surface area contributed by atoms with E-state index in [0.717, 1.165) is 14.6 Å². The minimum absolute atomic E-state index is 0.126. The zero-order valence-corrected chi connectivity index (χ0v) is 15.6. The maximum atomic E-state index is 5.35. The van der Waals surface area contributed by atoms with Crippen LogP contribution in [0, 0.1) is 6.92 Å². The average Bonchev–Trinajstić information content (AvgIpc) is 2.45. The molecule has 0 fully saturated rings. The number of nitrogens with one attached hydrogen (secondary N) is 2. The van der Waals surface area contributed by atoms with E-state index in [4.69, 9.17) is 12.2 Å². The summed E-state index contributed by atoms with van der Waals surface area (Å²) in [4.78, 5) is 4.46. The Labute approximate surface area is 146 Å². The minimum Gasteiger partial charge on any atom is -0.356 e. The molecule has 2 aromatic rings. The van der Waals surface area contributed by atoms with Gasteiger partial charge in [0.2, 0.25) is 0 Å². The van der Waals surface area contributed by atoms with E-state index in [1.807, 2.05) is 31.2 Å². The van der Waals surface area contributed by atoms with Gasteiger partial charge in [-0.1, -0.05) is 30.3 Å². The van der Waals surface area contributed by atoms with Crippen LogP contribution in [0.5, 0.6) is 0 Å². The van der Waals surface area contributed by atoms with Crippen LogP contribution < -0.4 is 10.6 Å². The van der Waals surface area contributed by atoms with Crippen LogP contribution in [0.2, 0.25) is 0 Å². The lowest BCUT2D eigenvalue weighted by Crippen LogP contribution is -2.31. The molecule has 0 bridgehead atoms. The molecule has 1 atom stereocenters. The summed E-state index contributed by atoms with van der Waals surface area (Å²) in [5.74, 6) is 0.702. The van der Waals surface area contributed by atoms with Gasteiger partial charge in [-0.2, -0.15) is 0 Å². The van der Waals surface area contributed by atoms with Gasteiger partial charge in [0.05, 0.1) is 16.2 Å². The number of hydrogen-bond donors (Lipinski definition) is 2. The molecule has 1 aromatic carbocycles. The predicted molar refractivity (Wildman–Crippen MR) is 98.6 cm³/mol. The molecule has 0 aliphatic heterocycles. The Kier molecular flexibility index (Phi) is 5.72. The van der Waals surface area contributed by atoms with E-state index in [0.29, 0.717) is 10.9 Å². The van der Waals surface area contributed by atoms with E-state index in [2.05, 4.69) is 66.5 Å². The molecule has 0 saturated carbocycles. The third-order valence-electron chi connectivity index (χ3n) is 2.98. The minimum atomic E-state index is 0.126. The Morgan fingerprint density at radius 3 is 2.52 bits per heavy atom. The van der Waals surface area contributed by atoms with Crippen molar-refractivity contribution in [1.29, 1.82) is 0 Å². The molecule has 21 heavy (non-hydrogen) atoms. The molecule has 0 saturated heterocycles. The largest absolute Gasteiger partial charge is 0.356 e. The lowest BCUT2D eigenvalue weighted by molar-refractivity contribution is 0.722. The SMILES string of the molecule is Cc1nc(NC(=S)N[C@@H](C)c2ccccc2)c(Br)cc1Br. The highest BCUT2D eigenvalue weighted by Gasteiger charge is 2.10. The van der Waals surface area contributed by atoms with Gasteiger partial charge in [0, 0.05) is 4.47 Å². The standard InChI is InChI=1S/C15H15Br2N3S/c1-9(11-6-4-3-5-7-11)19-15(21)20-14-13(17)8-12(16)10(2)18-14/h3-9H,1-2H3,(H2,18,19,20,21)/t9-/m0/s1. The Morgan fingerprint density at radius 2 is 1.86 bits per heavy atom. The van der Waals surface area contributed by atoms with Gasteiger partial charge in [-0.05, 0) is 69.6 Å². The van der Waals surface area contributed by atoms with Crippen LogP contribution in [0.4, 0.5) is 5.82 Å². The highest BCUT2D eigenvalue weighted by Crippen LogP contribution is 2.26. The maximum absolute atomic E-state index is 5.35. The second-order valence-electron chi connectivity index (χ2n) is 4.62. The maximum Gasteiger partial charge on any atom is 0.172 e. The highest BCUT2D eigenvalue weighted by molar-refractivity contribution is 9.11. The molecule has 0 aliphatic rings. The third kappa shape index (κ3) is 4.49. The summed E-state index contributed by atoms with van der Waals surface area (Å²) in [5.41, 5.74) is 2.08. The lowest BCUT2D eigenvalue weighted by atomic mass is 10.1. The summed E-state index contributed by atoms with van der Waals surface area (Å²) >= 11 is 12.3. The number of aromatic nitrogens is 1. The number of hydrogen-bond acceptors (Lipinski definition) is 2. The van der Waals surface area contributed by atoms with Crippen molar-refractivity contribution in [2.45, 2.75) is 19.9 Å². The molecule has 3 nitrogen and oxygen atoms in total. The van der Waals surface area contributed by atoms with E-state index in [1.165, 1.54) is 5.56 Å². The first-order valence-corrected chi connectivity index (χ1v) is 8.42. The first-order chi connectivity index (χ1) is 9.97. The molecule has 110 valence electrons. The second kappa shape index (κ2) is 7.33. The van der Waals surface area contributed by atoms with E-state index >= 15 is 0 Å². The molecule has 0 spiro atoms. The van der Waals surface area contributed by atoms with Gasteiger partial charge >= 0.3 is 0 Å². The molecule has 1 heterocycles. The number of aryl methyl sites for hydroxylation is 1.